The van der Waals surface area contributed by atoms with Gasteiger partial charge in [0.2, 0.25) is 5.91 Å². The Morgan fingerprint density at radius 3 is 2.48 bits per heavy atom. The Hall–Kier alpha value is -1.65. The van der Waals surface area contributed by atoms with E-state index in [9.17, 15) is 31.5 Å². The molecule has 0 radical (unpaired) electrons. The van der Waals surface area contributed by atoms with E-state index in [2.05, 4.69) is 5.32 Å². The van der Waals surface area contributed by atoms with Crippen LogP contribution in [0.5, 0.6) is 0 Å². The van der Waals surface area contributed by atoms with Gasteiger partial charge in [0.05, 0.1) is 16.9 Å². The number of benzene rings is 1. The summed E-state index contributed by atoms with van der Waals surface area (Å²) in [5.74, 6) is -1.26. The zero-order valence-electron chi connectivity index (χ0n) is 11.7. The minimum Gasteiger partial charge on any atom is -0.391 e. The van der Waals surface area contributed by atoms with Gasteiger partial charge in [-0.2, -0.15) is 13.2 Å². The van der Waals surface area contributed by atoms with Crippen molar-refractivity contribution in [1.29, 1.82) is 0 Å². The van der Waals surface area contributed by atoms with E-state index in [1.165, 1.54) is 6.07 Å². The monoisotopic (exact) mass is 352 g/mol. The number of nitrogens with one attached hydrogen (secondary N) is 1. The van der Waals surface area contributed by atoms with Crippen LogP contribution < -0.4 is 11.1 Å². The minimum absolute atomic E-state index is 0.0890. The number of carbonyl (C=O) groups excluding carboxylic acids is 1. The van der Waals surface area contributed by atoms with Crippen LogP contribution in [-0.4, -0.2) is 37.1 Å². The molecule has 2 rings (SSSR count). The molecule has 0 bridgehead atoms. The van der Waals surface area contributed by atoms with Crippen molar-refractivity contribution >= 4 is 21.4 Å². The van der Waals surface area contributed by atoms with Gasteiger partial charge in [-0.3, -0.25) is 4.79 Å². The molecule has 4 N–H and O–H groups in total. The second-order valence-corrected chi connectivity index (χ2v) is 7.24. The number of hydrogen-bond acceptors (Lipinski definition) is 5. The van der Waals surface area contributed by atoms with Crippen LogP contribution in [-0.2, 0) is 14.6 Å². The second kappa shape index (κ2) is 6.10. The van der Waals surface area contributed by atoms with Crippen LogP contribution in [0.25, 0.3) is 0 Å². The molecule has 1 aromatic carbocycles. The van der Waals surface area contributed by atoms with Crippen molar-refractivity contribution in [3.63, 3.8) is 0 Å². The summed E-state index contributed by atoms with van der Waals surface area (Å²) in [5, 5.41) is 11.9. The predicted molar refractivity (Wildman–Crippen MR) is 75.0 cm³/mol. The first-order chi connectivity index (χ1) is 10.5. The summed E-state index contributed by atoms with van der Waals surface area (Å²) in [6, 6.07) is 3.13. The van der Waals surface area contributed by atoms with Crippen molar-refractivity contribution in [3.05, 3.63) is 24.3 Å². The fourth-order valence-electron chi connectivity index (χ4n) is 2.42. The van der Waals surface area contributed by atoms with Gasteiger partial charge in [-0.25, -0.2) is 8.42 Å². The van der Waals surface area contributed by atoms with Gasteiger partial charge in [0, 0.05) is 11.7 Å². The average molecular weight is 352 g/mol. The Labute approximate surface area is 130 Å². The van der Waals surface area contributed by atoms with E-state index in [-0.39, 0.29) is 5.69 Å². The highest BCUT2D eigenvalue weighted by Gasteiger charge is 2.47. The molecule has 0 aromatic heterocycles. The average Bonchev–Trinajstić information content (AvgIpc) is 2.78. The molecule has 1 aliphatic carbocycles. The minimum atomic E-state index is -5.49. The second-order valence-electron chi connectivity index (χ2n) is 5.29. The molecular weight excluding hydrogens is 337 g/mol. The lowest BCUT2D eigenvalue weighted by Crippen LogP contribution is -2.40. The number of aliphatic hydroxyl groups is 1. The maximum atomic E-state index is 12.5. The molecule has 6 nitrogen and oxygen atoms in total. The largest absolute Gasteiger partial charge is 0.501 e. The fraction of sp³-hybridized carbons (Fsp3) is 0.462. The highest BCUT2D eigenvalue weighted by atomic mass is 32.2. The summed E-state index contributed by atoms with van der Waals surface area (Å²) in [7, 11) is -5.49. The highest BCUT2D eigenvalue weighted by molar-refractivity contribution is 7.92. The fourth-order valence-corrected chi connectivity index (χ4v) is 3.23. The van der Waals surface area contributed by atoms with Gasteiger partial charge >= 0.3 is 5.51 Å². The van der Waals surface area contributed by atoms with Crippen molar-refractivity contribution in [2.24, 2.45) is 11.7 Å². The highest BCUT2D eigenvalue weighted by Crippen LogP contribution is 2.32. The Bertz CT molecular complexity index is 705. The van der Waals surface area contributed by atoms with E-state index < -0.39 is 44.2 Å². The van der Waals surface area contributed by atoms with E-state index in [0.29, 0.717) is 12.8 Å². The molecule has 1 fully saturated rings. The summed E-state index contributed by atoms with van der Waals surface area (Å²) in [6.45, 7) is 0. The standard InChI is InChI=1S/C13H15F3N2O4S/c14-13(15,16)23(21,22)8-3-1-2-7(6-8)18-12(20)9-4-5-10(19)11(9)17/h1-3,6,9-11,19H,4-5,17H2,(H,18,20)/t9-,10-,11-/m0/s1. The molecule has 1 aliphatic rings. The number of carbonyl (C=O) groups is 1. The number of rotatable bonds is 3. The topological polar surface area (TPSA) is 109 Å². The molecule has 0 spiro atoms. The molecule has 0 aliphatic heterocycles. The zero-order chi connectivity index (χ0) is 17.4. The Morgan fingerprint density at radius 1 is 1.30 bits per heavy atom. The number of nitrogens with two attached hydrogens (primary N) is 1. The summed E-state index contributed by atoms with van der Waals surface area (Å²) in [5.41, 5.74) is 0.166. The first-order valence-electron chi connectivity index (χ1n) is 6.70. The van der Waals surface area contributed by atoms with Gasteiger partial charge in [0.1, 0.15) is 0 Å². The summed E-state index contributed by atoms with van der Waals surface area (Å²) >= 11 is 0. The number of hydrogen-bond donors (Lipinski definition) is 3. The van der Waals surface area contributed by atoms with Crippen molar-refractivity contribution in [3.8, 4) is 0 Å². The molecule has 1 saturated carbocycles. The molecule has 3 atom stereocenters. The third-order valence-corrected chi connectivity index (χ3v) is 5.22. The van der Waals surface area contributed by atoms with Gasteiger partial charge < -0.3 is 16.2 Å². The number of aliphatic hydroxyl groups excluding tert-OH is 1. The van der Waals surface area contributed by atoms with Crippen molar-refractivity contribution in [2.45, 2.75) is 35.4 Å². The van der Waals surface area contributed by atoms with E-state index >= 15 is 0 Å². The Kier molecular flexibility index (Phi) is 4.69. The number of anilines is 1. The maximum Gasteiger partial charge on any atom is 0.501 e. The SMILES string of the molecule is N[C@H]1[C@@H](C(=O)Nc2cccc(S(=O)(=O)C(F)(F)F)c2)CC[C@@H]1O. The van der Waals surface area contributed by atoms with Crippen molar-refractivity contribution < 1.29 is 31.5 Å². The van der Waals surface area contributed by atoms with Crippen LogP contribution in [0, 0.1) is 5.92 Å². The van der Waals surface area contributed by atoms with Gasteiger partial charge in [0.25, 0.3) is 9.84 Å². The van der Waals surface area contributed by atoms with E-state index in [4.69, 9.17) is 5.73 Å². The van der Waals surface area contributed by atoms with Crippen LogP contribution >= 0.6 is 0 Å². The summed E-state index contributed by atoms with van der Waals surface area (Å²) < 4.78 is 60.3. The molecular formula is C13H15F3N2O4S. The zero-order valence-corrected chi connectivity index (χ0v) is 12.6. The third kappa shape index (κ3) is 3.48. The van der Waals surface area contributed by atoms with Crippen molar-refractivity contribution in [1.82, 2.24) is 0 Å². The lowest BCUT2D eigenvalue weighted by atomic mass is 10.0. The first kappa shape index (κ1) is 17.7. The number of alkyl halides is 3. The molecule has 10 heteroatoms. The van der Waals surface area contributed by atoms with Crippen molar-refractivity contribution in [2.75, 3.05) is 5.32 Å². The van der Waals surface area contributed by atoms with Crippen LogP contribution in [0.1, 0.15) is 12.8 Å². The van der Waals surface area contributed by atoms with Crippen LogP contribution in [0.15, 0.2) is 29.2 Å². The van der Waals surface area contributed by atoms with E-state index in [1.807, 2.05) is 0 Å². The van der Waals surface area contributed by atoms with Gasteiger partial charge in [-0.1, -0.05) is 6.07 Å². The van der Waals surface area contributed by atoms with Gasteiger partial charge in [-0.05, 0) is 31.0 Å². The smallest absolute Gasteiger partial charge is 0.391 e. The number of halogens is 3. The molecule has 1 aromatic rings. The molecule has 0 heterocycles. The Morgan fingerprint density at radius 2 is 1.96 bits per heavy atom. The normalized spacial score (nSPS) is 25.3. The van der Waals surface area contributed by atoms with Crippen LogP contribution in [0.2, 0.25) is 0 Å². The summed E-state index contributed by atoms with van der Waals surface area (Å²) in [4.78, 5) is 11.1. The number of amides is 1. The quantitative estimate of drug-likeness (QED) is 0.752. The maximum absolute atomic E-state index is 12.5. The van der Waals surface area contributed by atoms with Crippen LogP contribution in [0.3, 0.4) is 0 Å². The third-order valence-electron chi connectivity index (χ3n) is 3.74. The first-order valence-corrected chi connectivity index (χ1v) is 8.18. The molecule has 0 unspecified atom stereocenters. The van der Waals surface area contributed by atoms with E-state index in [0.717, 1.165) is 18.2 Å². The molecule has 1 amide bonds. The molecule has 0 saturated heterocycles. The predicted octanol–water partition coefficient (Wildman–Crippen LogP) is 1.02. The molecule has 23 heavy (non-hydrogen) atoms. The lowest BCUT2D eigenvalue weighted by Gasteiger charge is -2.17. The number of sulfone groups is 1. The summed E-state index contributed by atoms with van der Waals surface area (Å²) in [6.07, 6.45) is -0.126. The van der Waals surface area contributed by atoms with Gasteiger partial charge in [-0.15, -0.1) is 0 Å². The Balaban J connectivity index is 2.20. The van der Waals surface area contributed by atoms with Crippen LogP contribution in [0.4, 0.5) is 18.9 Å². The molecule has 128 valence electrons. The lowest BCUT2D eigenvalue weighted by molar-refractivity contribution is -0.120. The van der Waals surface area contributed by atoms with E-state index in [1.54, 1.807) is 0 Å². The van der Waals surface area contributed by atoms with Gasteiger partial charge in [0.15, 0.2) is 0 Å².